The molecular formula is C17H25N3. The first-order valence-corrected chi connectivity index (χ1v) is 7.37. The number of nitrogens with zero attached hydrogens (tertiary/aromatic N) is 2. The molecule has 0 saturated heterocycles. The van der Waals surface area contributed by atoms with E-state index in [9.17, 15) is 0 Å². The fourth-order valence-corrected chi connectivity index (χ4v) is 2.78. The molecule has 2 aromatic rings. The van der Waals surface area contributed by atoms with Crippen LogP contribution in [0.3, 0.4) is 0 Å². The summed E-state index contributed by atoms with van der Waals surface area (Å²) in [5, 5.41) is 10.8. The molecule has 0 saturated carbocycles. The average Bonchev–Trinajstić information content (AvgIpc) is 2.88. The van der Waals surface area contributed by atoms with Crippen LogP contribution in [-0.2, 0) is 11.8 Å². The molecule has 1 aromatic heterocycles. The van der Waals surface area contributed by atoms with Gasteiger partial charge in [0.1, 0.15) is 0 Å². The molecule has 1 aromatic carbocycles. The van der Waals surface area contributed by atoms with E-state index in [1.54, 1.807) is 0 Å². The molecule has 1 atom stereocenters. The van der Waals surface area contributed by atoms with Crippen LogP contribution in [0, 0.1) is 6.92 Å². The molecular weight excluding hydrogens is 246 g/mol. The Labute approximate surface area is 121 Å². The molecule has 0 radical (unpaired) electrons. The maximum absolute atomic E-state index is 4.18. The number of aromatic amines is 1. The van der Waals surface area contributed by atoms with E-state index >= 15 is 0 Å². The van der Waals surface area contributed by atoms with Gasteiger partial charge in [0.15, 0.2) is 0 Å². The minimum Gasteiger partial charge on any atom is -0.198 e. The van der Waals surface area contributed by atoms with Gasteiger partial charge in [-0.1, -0.05) is 45.9 Å². The van der Waals surface area contributed by atoms with Crippen LogP contribution in [0.1, 0.15) is 62.4 Å². The maximum atomic E-state index is 4.18. The van der Waals surface area contributed by atoms with Crippen LogP contribution in [0.15, 0.2) is 24.4 Å². The molecule has 1 heterocycles. The highest BCUT2D eigenvalue weighted by Crippen LogP contribution is 2.31. The first-order chi connectivity index (χ1) is 9.41. The summed E-state index contributed by atoms with van der Waals surface area (Å²) in [5.41, 5.74) is 5.44. The molecule has 0 aliphatic carbocycles. The Hall–Kier alpha value is -1.64. The third kappa shape index (κ3) is 3.27. The molecule has 0 bridgehead atoms. The lowest BCUT2D eigenvalue weighted by Gasteiger charge is -2.24. The van der Waals surface area contributed by atoms with Gasteiger partial charge in [-0.2, -0.15) is 15.4 Å². The molecule has 3 heteroatoms. The summed E-state index contributed by atoms with van der Waals surface area (Å²) in [6.07, 6.45) is 3.88. The van der Waals surface area contributed by atoms with Crippen molar-refractivity contribution in [3.63, 3.8) is 0 Å². The molecule has 0 spiro atoms. The highest BCUT2D eigenvalue weighted by atomic mass is 15.3. The molecule has 0 aliphatic rings. The van der Waals surface area contributed by atoms with Crippen molar-refractivity contribution in [3.8, 4) is 0 Å². The summed E-state index contributed by atoms with van der Waals surface area (Å²) in [4.78, 5) is 0. The van der Waals surface area contributed by atoms with Crippen molar-refractivity contribution in [2.75, 3.05) is 0 Å². The molecule has 20 heavy (non-hydrogen) atoms. The molecule has 2 rings (SSSR count). The van der Waals surface area contributed by atoms with Crippen molar-refractivity contribution in [2.45, 2.75) is 58.8 Å². The highest BCUT2D eigenvalue weighted by Gasteiger charge is 2.19. The number of aryl methyl sites for hydroxylation is 1. The van der Waals surface area contributed by atoms with E-state index in [0.717, 1.165) is 18.5 Å². The van der Waals surface area contributed by atoms with Crippen molar-refractivity contribution in [1.82, 2.24) is 15.4 Å². The van der Waals surface area contributed by atoms with Gasteiger partial charge in [0, 0.05) is 0 Å². The lowest BCUT2D eigenvalue weighted by molar-refractivity contribution is 0.580. The minimum absolute atomic E-state index is 0.187. The smallest absolute Gasteiger partial charge is 0.0830 e. The standard InChI is InChI=1S/C17H25N3/c1-6-13(9-15-11-18-20-19-15)14-8-7-12(2)16(10-14)17(3,4)5/h7-8,10-11,13H,6,9H2,1-5H3,(H,18,19,20). The third-order valence-corrected chi connectivity index (χ3v) is 3.95. The van der Waals surface area contributed by atoms with Crippen LogP contribution in [0.25, 0.3) is 0 Å². The zero-order valence-electron chi connectivity index (χ0n) is 13.2. The number of hydrogen-bond donors (Lipinski definition) is 1. The van der Waals surface area contributed by atoms with Crippen molar-refractivity contribution >= 4 is 0 Å². The second-order valence-corrected chi connectivity index (χ2v) is 6.59. The molecule has 0 amide bonds. The van der Waals surface area contributed by atoms with E-state index in [4.69, 9.17) is 0 Å². The van der Waals surface area contributed by atoms with Gasteiger partial charge in [-0.15, -0.1) is 0 Å². The van der Waals surface area contributed by atoms with E-state index in [0.29, 0.717) is 5.92 Å². The van der Waals surface area contributed by atoms with Crippen LogP contribution < -0.4 is 0 Å². The van der Waals surface area contributed by atoms with E-state index < -0.39 is 0 Å². The monoisotopic (exact) mass is 271 g/mol. The fraction of sp³-hybridized carbons (Fsp3) is 0.529. The van der Waals surface area contributed by atoms with Crippen LogP contribution >= 0.6 is 0 Å². The third-order valence-electron chi connectivity index (χ3n) is 3.95. The van der Waals surface area contributed by atoms with Gasteiger partial charge >= 0.3 is 0 Å². The molecule has 3 nitrogen and oxygen atoms in total. The number of benzene rings is 1. The zero-order chi connectivity index (χ0) is 14.8. The number of nitrogens with one attached hydrogen (secondary N) is 1. The Morgan fingerprint density at radius 3 is 2.55 bits per heavy atom. The fourth-order valence-electron chi connectivity index (χ4n) is 2.78. The summed E-state index contributed by atoms with van der Waals surface area (Å²) in [5.74, 6) is 0.502. The summed E-state index contributed by atoms with van der Waals surface area (Å²) in [6, 6.07) is 6.89. The molecule has 108 valence electrons. The quantitative estimate of drug-likeness (QED) is 0.907. The first-order valence-electron chi connectivity index (χ1n) is 7.37. The minimum atomic E-state index is 0.187. The largest absolute Gasteiger partial charge is 0.198 e. The van der Waals surface area contributed by atoms with Crippen LogP contribution in [-0.4, -0.2) is 15.4 Å². The normalized spacial score (nSPS) is 13.4. The summed E-state index contributed by atoms with van der Waals surface area (Å²) >= 11 is 0. The average molecular weight is 271 g/mol. The molecule has 0 aliphatic heterocycles. The molecule has 0 fully saturated rings. The van der Waals surface area contributed by atoms with Crippen LogP contribution in [0.2, 0.25) is 0 Å². The Morgan fingerprint density at radius 2 is 2.00 bits per heavy atom. The Kier molecular flexibility index (Phi) is 4.26. The van der Waals surface area contributed by atoms with Crippen molar-refractivity contribution in [2.24, 2.45) is 0 Å². The zero-order valence-corrected chi connectivity index (χ0v) is 13.2. The van der Waals surface area contributed by atoms with E-state index in [2.05, 4.69) is 68.2 Å². The second kappa shape index (κ2) is 5.78. The molecule has 1 N–H and O–H groups in total. The van der Waals surface area contributed by atoms with Gasteiger partial charge in [0.05, 0.1) is 11.9 Å². The number of aromatic nitrogens is 3. The Balaban J connectivity index is 2.30. The van der Waals surface area contributed by atoms with Gasteiger partial charge in [-0.3, -0.25) is 0 Å². The Morgan fingerprint density at radius 1 is 1.25 bits per heavy atom. The van der Waals surface area contributed by atoms with Crippen LogP contribution in [0.4, 0.5) is 0 Å². The lowest BCUT2D eigenvalue weighted by Crippen LogP contribution is -2.14. The predicted molar refractivity (Wildman–Crippen MR) is 83.0 cm³/mol. The number of hydrogen-bond acceptors (Lipinski definition) is 2. The first kappa shape index (κ1) is 14.8. The highest BCUT2D eigenvalue weighted by molar-refractivity contribution is 5.37. The Bertz CT molecular complexity index is 550. The lowest BCUT2D eigenvalue weighted by atomic mass is 9.81. The van der Waals surface area contributed by atoms with E-state index in [1.807, 2.05) is 6.20 Å². The number of rotatable bonds is 4. The predicted octanol–water partition coefficient (Wildman–Crippen LogP) is 4.15. The van der Waals surface area contributed by atoms with E-state index in [1.165, 1.54) is 16.7 Å². The SMILES string of the molecule is CCC(Cc1cn[nH]n1)c1ccc(C)c(C(C)(C)C)c1. The van der Waals surface area contributed by atoms with Gasteiger partial charge in [0.2, 0.25) is 0 Å². The van der Waals surface area contributed by atoms with Crippen molar-refractivity contribution < 1.29 is 0 Å². The van der Waals surface area contributed by atoms with Gasteiger partial charge in [-0.05, 0) is 47.8 Å². The van der Waals surface area contributed by atoms with E-state index in [-0.39, 0.29) is 5.41 Å². The van der Waals surface area contributed by atoms with Crippen LogP contribution in [0.5, 0.6) is 0 Å². The van der Waals surface area contributed by atoms with Crippen molar-refractivity contribution in [3.05, 3.63) is 46.8 Å². The number of H-pyrrole nitrogens is 1. The van der Waals surface area contributed by atoms with Gasteiger partial charge < -0.3 is 0 Å². The van der Waals surface area contributed by atoms with Gasteiger partial charge in [0.25, 0.3) is 0 Å². The molecule has 1 unspecified atom stereocenters. The summed E-state index contributed by atoms with van der Waals surface area (Å²) in [6.45, 7) is 11.3. The topological polar surface area (TPSA) is 41.6 Å². The van der Waals surface area contributed by atoms with Gasteiger partial charge in [-0.25, -0.2) is 0 Å². The summed E-state index contributed by atoms with van der Waals surface area (Å²) < 4.78 is 0. The van der Waals surface area contributed by atoms with Crippen molar-refractivity contribution in [1.29, 1.82) is 0 Å². The maximum Gasteiger partial charge on any atom is 0.0830 e. The second-order valence-electron chi connectivity index (χ2n) is 6.59. The summed E-state index contributed by atoms with van der Waals surface area (Å²) in [7, 11) is 0.